The maximum absolute atomic E-state index is 5.64. The number of nitrogens with zero attached hydrogens (tertiary/aromatic N) is 7. The molecule has 0 atom stereocenters. The van der Waals surface area contributed by atoms with Crippen molar-refractivity contribution in [1.82, 2.24) is 33.2 Å². The minimum Gasteiger partial charge on any atom is -0.309 e. The van der Waals surface area contributed by atoms with Gasteiger partial charge in [0.25, 0.3) is 0 Å². The zero-order valence-electron chi connectivity index (χ0n) is 34.3. The van der Waals surface area contributed by atoms with Gasteiger partial charge in [-0.1, -0.05) is 152 Å². The van der Waals surface area contributed by atoms with Gasteiger partial charge in [-0.3, -0.25) is 9.13 Å². The van der Waals surface area contributed by atoms with Gasteiger partial charge in [0.15, 0.2) is 5.82 Å². The highest BCUT2D eigenvalue weighted by Crippen LogP contribution is 2.44. The summed E-state index contributed by atoms with van der Waals surface area (Å²) < 4.78 is 9.29. The Morgan fingerprint density at radius 2 is 0.609 bits per heavy atom. The van der Waals surface area contributed by atoms with Gasteiger partial charge in [-0.05, 0) is 60.7 Å². The van der Waals surface area contributed by atoms with Gasteiger partial charge in [0.1, 0.15) is 0 Å². The number of hydrogen-bond acceptors (Lipinski definition) is 3. The van der Waals surface area contributed by atoms with E-state index in [0.717, 1.165) is 104 Å². The van der Waals surface area contributed by atoms with Gasteiger partial charge in [0, 0.05) is 60.0 Å². The second kappa shape index (κ2) is 13.3. The monoisotopic (exact) mass is 817 g/mol. The molecule has 7 nitrogen and oxygen atoms in total. The van der Waals surface area contributed by atoms with Crippen molar-refractivity contribution >= 4 is 87.2 Å². The fraction of sp³-hybridized carbons (Fsp3) is 0. The highest BCUT2D eigenvalue weighted by molar-refractivity contribution is 6.27. The van der Waals surface area contributed by atoms with Gasteiger partial charge in [0.2, 0.25) is 11.9 Å². The van der Waals surface area contributed by atoms with Gasteiger partial charge in [-0.15, -0.1) is 0 Å². The first kappa shape index (κ1) is 34.9. The summed E-state index contributed by atoms with van der Waals surface area (Å²) in [5.41, 5.74) is 11.8. The predicted octanol–water partition coefficient (Wildman–Crippen LogP) is 13.9. The molecule has 7 heteroatoms. The lowest BCUT2D eigenvalue weighted by molar-refractivity contribution is 0.894. The molecule has 0 bridgehead atoms. The minimum atomic E-state index is 0.545. The summed E-state index contributed by atoms with van der Waals surface area (Å²) in [6.07, 6.45) is 0. The molecule has 0 unspecified atom stereocenters. The lowest BCUT2D eigenvalue weighted by atomic mass is 10.1. The van der Waals surface area contributed by atoms with Gasteiger partial charge in [0.05, 0.1) is 44.1 Å². The Kier molecular flexibility index (Phi) is 7.27. The fourth-order valence-electron chi connectivity index (χ4n) is 10.4. The van der Waals surface area contributed by atoms with E-state index in [-0.39, 0.29) is 0 Å². The highest BCUT2D eigenvalue weighted by atomic mass is 15.3. The molecule has 0 amide bonds. The maximum Gasteiger partial charge on any atom is 0.240 e. The minimum absolute atomic E-state index is 0.545. The molecule has 14 rings (SSSR count). The average Bonchev–Trinajstić information content (AvgIpc) is 4.09. The van der Waals surface area contributed by atoms with Crippen molar-refractivity contribution in [2.75, 3.05) is 0 Å². The lowest BCUT2D eigenvalue weighted by Gasteiger charge is -2.13. The van der Waals surface area contributed by atoms with E-state index in [2.05, 4.69) is 212 Å². The Balaban J connectivity index is 1.15. The summed E-state index contributed by atoms with van der Waals surface area (Å²) in [4.78, 5) is 16.5. The third-order valence-electron chi connectivity index (χ3n) is 13.0. The van der Waals surface area contributed by atoms with Crippen molar-refractivity contribution in [3.63, 3.8) is 0 Å². The van der Waals surface area contributed by atoms with Crippen molar-refractivity contribution in [3.8, 4) is 34.7 Å². The first-order chi connectivity index (χ1) is 31.8. The number of fused-ring (bicyclic) bond motifs is 14. The Labute approximate surface area is 366 Å². The Morgan fingerprint density at radius 1 is 0.250 bits per heavy atom. The molecule has 5 heterocycles. The molecule has 0 radical (unpaired) electrons. The van der Waals surface area contributed by atoms with Crippen LogP contribution in [0.25, 0.3) is 122 Å². The van der Waals surface area contributed by atoms with Crippen molar-refractivity contribution in [2.45, 2.75) is 0 Å². The van der Waals surface area contributed by atoms with E-state index in [4.69, 9.17) is 15.0 Å². The number of aromatic nitrogens is 7. The smallest absolute Gasteiger partial charge is 0.240 e. The predicted molar refractivity (Wildman–Crippen MR) is 263 cm³/mol. The van der Waals surface area contributed by atoms with Crippen LogP contribution in [0.5, 0.6) is 0 Å². The van der Waals surface area contributed by atoms with Crippen LogP contribution < -0.4 is 0 Å². The van der Waals surface area contributed by atoms with Crippen LogP contribution in [0.1, 0.15) is 0 Å². The van der Waals surface area contributed by atoms with Crippen LogP contribution >= 0.6 is 0 Å². The van der Waals surface area contributed by atoms with Crippen molar-refractivity contribution in [2.24, 2.45) is 0 Å². The first-order valence-electron chi connectivity index (χ1n) is 21.6. The number of para-hydroxylation sites is 6. The van der Waals surface area contributed by atoms with Gasteiger partial charge in [-0.25, -0.2) is 0 Å². The van der Waals surface area contributed by atoms with E-state index >= 15 is 0 Å². The van der Waals surface area contributed by atoms with Crippen LogP contribution in [0.15, 0.2) is 212 Å². The topological polar surface area (TPSA) is 58.4 Å². The molecule has 5 aromatic heterocycles. The molecule has 0 spiro atoms. The largest absolute Gasteiger partial charge is 0.309 e. The summed E-state index contributed by atoms with van der Waals surface area (Å²) in [5.74, 6) is 1.68. The summed E-state index contributed by atoms with van der Waals surface area (Å²) in [7, 11) is 0. The summed E-state index contributed by atoms with van der Waals surface area (Å²) >= 11 is 0. The third kappa shape index (κ3) is 4.83. The third-order valence-corrected chi connectivity index (χ3v) is 13.0. The quantitative estimate of drug-likeness (QED) is 0.174. The second-order valence-corrected chi connectivity index (χ2v) is 16.4. The molecule has 0 aliphatic carbocycles. The van der Waals surface area contributed by atoms with Crippen LogP contribution in [0.3, 0.4) is 0 Å². The average molecular weight is 818 g/mol. The molecule has 0 saturated heterocycles. The van der Waals surface area contributed by atoms with Gasteiger partial charge in [-0.2, -0.15) is 15.0 Å². The highest BCUT2D eigenvalue weighted by Gasteiger charge is 2.26. The molecular formula is C57H35N7. The SMILES string of the molecule is c1ccc(-c2nc(-n3c4ccccc4c4ccc5c(c6ccccc6n5-c5ccccc5)c43)nc(-n3c4ccccc4c4ccc5c(c6ccccc6n5-c5ccccc5)c43)n2)cc1. The van der Waals surface area contributed by atoms with E-state index in [1.165, 1.54) is 0 Å². The molecule has 14 aromatic rings. The Hall–Kier alpha value is -8.81. The second-order valence-electron chi connectivity index (χ2n) is 16.4. The van der Waals surface area contributed by atoms with E-state index in [1.54, 1.807) is 0 Å². The molecule has 0 fully saturated rings. The van der Waals surface area contributed by atoms with Crippen molar-refractivity contribution in [1.29, 1.82) is 0 Å². The lowest BCUT2D eigenvalue weighted by Crippen LogP contribution is -2.10. The summed E-state index contributed by atoms with van der Waals surface area (Å²) in [6.45, 7) is 0. The van der Waals surface area contributed by atoms with Crippen molar-refractivity contribution in [3.05, 3.63) is 212 Å². The normalized spacial score (nSPS) is 12.1. The molecule has 298 valence electrons. The van der Waals surface area contributed by atoms with Crippen LogP contribution in [-0.2, 0) is 0 Å². The van der Waals surface area contributed by atoms with E-state index < -0.39 is 0 Å². The van der Waals surface area contributed by atoms with E-state index in [0.29, 0.717) is 17.7 Å². The Bertz CT molecular complexity index is 3930. The van der Waals surface area contributed by atoms with Crippen LogP contribution in [0.4, 0.5) is 0 Å². The maximum atomic E-state index is 5.64. The molecule has 64 heavy (non-hydrogen) atoms. The number of rotatable bonds is 5. The van der Waals surface area contributed by atoms with Gasteiger partial charge >= 0.3 is 0 Å². The molecule has 9 aromatic carbocycles. The summed E-state index contributed by atoms with van der Waals surface area (Å²) in [5, 5.41) is 9.13. The van der Waals surface area contributed by atoms with Crippen LogP contribution in [0.2, 0.25) is 0 Å². The molecule has 0 aliphatic rings. The number of benzene rings is 9. The fourth-order valence-corrected chi connectivity index (χ4v) is 10.4. The molecular weight excluding hydrogens is 783 g/mol. The Morgan fingerprint density at radius 3 is 1.05 bits per heavy atom. The first-order valence-corrected chi connectivity index (χ1v) is 21.6. The van der Waals surface area contributed by atoms with Crippen LogP contribution in [-0.4, -0.2) is 33.2 Å². The van der Waals surface area contributed by atoms with Gasteiger partial charge < -0.3 is 9.13 Å². The molecule has 0 N–H and O–H groups in total. The zero-order valence-corrected chi connectivity index (χ0v) is 34.3. The zero-order chi connectivity index (χ0) is 41.9. The molecule has 0 saturated carbocycles. The van der Waals surface area contributed by atoms with E-state index in [1.807, 2.05) is 18.2 Å². The van der Waals surface area contributed by atoms with E-state index in [9.17, 15) is 0 Å². The van der Waals surface area contributed by atoms with Crippen LogP contribution in [0, 0.1) is 0 Å². The van der Waals surface area contributed by atoms with Crippen molar-refractivity contribution < 1.29 is 0 Å². The number of hydrogen-bond donors (Lipinski definition) is 0. The standard InChI is InChI=1S/C57H35N7/c1-4-18-36(19-5-1)55-58-56(63-45-28-14-10-24-39(45)41-32-34-49-51(53(41)63)43-26-12-16-30-47(43)61(49)37-20-6-2-7-21-37)60-57(59-55)64-46-29-15-11-25-40(46)42-33-35-50-52(54(42)64)44-27-13-17-31-48(44)62(50)38-22-8-3-9-23-38/h1-35H. The molecule has 0 aliphatic heterocycles. The summed E-state index contributed by atoms with van der Waals surface area (Å²) in [6, 6.07) is 75.3.